The van der Waals surface area contributed by atoms with Crippen molar-refractivity contribution in [3.05, 3.63) is 0 Å². The lowest BCUT2D eigenvalue weighted by atomic mass is 10.0. The van der Waals surface area contributed by atoms with Crippen molar-refractivity contribution in [3.8, 4) is 0 Å². The Bertz CT molecular complexity index is 414. The maximum Gasteiger partial charge on any atom is 0.310 e. The summed E-state index contributed by atoms with van der Waals surface area (Å²) in [4.78, 5) is 38.7. The van der Waals surface area contributed by atoms with E-state index >= 15 is 0 Å². The number of thioether (sulfide) groups is 1. The number of likely N-dealkylation sites (tertiary alicyclic amines) is 1. The summed E-state index contributed by atoms with van der Waals surface area (Å²) < 4.78 is 4.82. The Morgan fingerprint density at radius 1 is 1.41 bits per heavy atom. The SMILES string of the molecule is COC(=O)C(C)C(CSCCC(=O)N(C)C)N1CCCC1=O. The summed E-state index contributed by atoms with van der Waals surface area (Å²) >= 11 is 1.60. The Kier molecular flexibility index (Phi) is 7.72. The third-order valence-corrected chi connectivity index (χ3v) is 4.98. The van der Waals surface area contributed by atoms with Gasteiger partial charge in [0.25, 0.3) is 0 Å². The Morgan fingerprint density at radius 3 is 2.59 bits per heavy atom. The van der Waals surface area contributed by atoms with E-state index in [1.54, 1.807) is 42.6 Å². The van der Waals surface area contributed by atoms with Gasteiger partial charge in [-0.15, -0.1) is 0 Å². The molecule has 0 saturated carbocycles. The van der Waals surface area contributed by atoms with Gasteiger partial charge in [0.15, 0.2) is 0 Å². The number of esters is 1. The molecule has 0 aromatic rings. The van der Waals surface area contributed by atoms with Gasteiger partial charge < -0.3 is 14.5 Å². The van der Waals surface area contributed by atoms with Crippen molar-refractivity contribution in [2.24, 2.45) is 5.92 Å². The number of amides is 2. The highest BCUT2D eigenvalue weighted by atomic mass is 32.2. The van der Waals surface area contributed by atoms with E-state index in [0.29, 0.717) is 30.9 Å². The molecule has 1 aliphatic rings. The van der Waals surface area contributed by atoms with Crippen LogP contribution >= 0.6 is 11.8 Å². The summed E-state index contributed by atoms with van der Waals surface area (Å²) in [5.74, 6) is 0.860. The van der Waals surface area contributed by atoms with Crippen molar-refractivity contribution in [3.63, 3.8) is 0 Å². The van der Waals surface area contributed by atoms with Gasteiger partial charge in [-0.2, -0.15) is 11.8 Å². The summed E-state index contributed by atoms with van der Waals surface area (Å²) in [6, 6.07) is -0.165. The number of ether oxygens (including phenoxy) is 1. The monoisotopic (exact) mass is 330 g/mol. The molecule has 2 amide bonds. The molecule has 0 aromatic carbocycles. The van der Waals surface area contributed by atoms with Crippen LogP contribution in [0.3, 0.4) is 0 Å². The maximum absolute atomic E-state index is 12.0. The zero-order valence-electron chi connectivity index (χ0n) is 13.8. The molecule has 0 spiro atoms. The smallest absolute Gasteiger partial charge is 0.310 e. The normalized spacial score (nSPS) is 17.3. The standard InChI is InChI=1S/C15H26N2O4S/c1-11(15(20)21-4)12(17-8-5-6-14(17)19)10-22-9-7-13(18)16(2)3/h11-12H,5-10H2,1-4H3. The zero-order valence-corrected chi connectivity index (χ0v) is 14.6. The Hall–Kier alpha value is -1.24. The summed E-state index contributed by atoms with van der Waals surface area (Å²) in [6.45, 7) is 2.50. The number of methoxy groups -OCH3 is 1. The minimum Gasteiger partial charge on any atom is -0.469 e. The van der Waals surface area contributed by atoms with Gasteiger partial charge >= 0.3 is 5.97 Å². The molecule has 126 valence electrons. The molecule has 0 aliphatic carbocycles. The average molecular weight is 330 g/mol. The molecular formula is C15H26N2O4S. The van der Waals surface area contributed by atoms with Crippen molar-refractivity contribution in [1.82, 2.24) is 9.80 Å². The second-order valence-corrected chi connectivity index (χ2v) is 6.83. The Morgan fingerprint density at radius 2 is 2.09 bits per heavy atom. The zero-order chi connectivity index (χ0) is 16.7. The fourth-order valence-electron chi connectivity index (χ4n) is 2.45. The fraction of sp³-hybridized carbons (Fsp3) is 0.800. The lowest BCUT2D eigenvalue weighted by Gasteiger charge is -2.31. The Labute approximate surface area is 136 Å². The molecule has 1 fully saturated rings. The first-order valence-electron chi connectivity index (χ1n) is 7.53. The summed E-state index contributed by atoms with van der Waals surface area (Å²) in [5, 5.41) is 0. The van der Waals surface area contributed by atoms with Gasteiger partial charge in [-0.05, 0) is 13.3 Å². The van der Waals surface area contributed by atoms with Crippen molar-refractivity contribution in [2.45, 2.75) is 32.2 Å². The third-order valence-electron chi connectivity index (χ3n) is 3.91. The molecule has 0 N–H and O–H groups in total. The lowest BCUT2D eigenvalue weighted by molar-refractivity contribution is -0.148. The van der Waals surface area contributed by atoms with Crippen LogP contribution < -0.4 is 0 Å². The van der Waals surface area contributed by atoms with Crippen LogP contribution in [0.4, 0.5) is 0 Å². The summed E-state index contributed by atoms with van der Waals surface area (Å²) in [5.41, 5.74) is 0. The molecule has 0 aromatic heterocycles. The van der Waals surface area contributed by atoms with E-state index in [1.165, 1.54) is 7.11 Å². The van der Waals surface area contributed by atoms with Crippen molar-refractivity contribution < 1.29 is 19.1 Å². The predicted molar refractivity (Wildman–Crippen MR) is 86.6 cm³/mol. The molecule has 1 rings (SSSR count). The molecule has 1 saturated heterocycles. The second kappa shape index (κ2) is 9.02. The van der Waals surface area contributed by atoms with Crippen LogP contribution in [0.15, 0.2) is 0 Å². The third kappa shape index (κ3) is 5.19. The molecule has 6 nitrogen and oxygen atoms in total. The number of carbonyl (C=O) groups is 3. The van der Waals surface area contributed by atoms with E-state index in [9.17, 15) is 14.4 Å². The van der Waals surface area contributed by atoms with Crippen LogP contribution in [0.25, 0.3) is 0 Å². The number of nitrogens with zero attached hydrogens (tertiary/aromatic N) is 2. The molecule has 0 radical (unpaired) electrons. The van der Waals surface area contributed by atoms with Crippen molar-refractivity contribution in [2.75, 3.05) is 39.3 Å². The van der Waals surface area contributed by atoms with Crippen LogP contribution in [-0.2, 0) is 19.1 Å². The van der Waals surface area contributed by atoms with E-state index in [4.69, 9.17) is 4.74 Å². The van der Waals surface area contributed by atoms with Crippen molar-refractivity contribution in [1.29, 1.82) is 0 Å². The maximum atomic E-state index is 12.0. The minimum absolute atomic E-state index is 0.0855. The van der Waals surface area contributed by atoms with Crippen LogP contribution in [-0.4, -0.2) is 72.9 Å². The van der Waals surface area contributed by atoms with Crippen LogP contribution in [0.5, 0.6) is 0 Å². The first-order valence-corrected chi connectivity index (χ1v) is 8.69. The van der Waals surface area contributed by atoms with E-state index in [-0.39, 0.29) is 29.7 Å². The van der Waals surface area contributed by atoms with Gasteiger partial charge in [0.05, 0.1) is 19.1 Å². The minimum atomic E-state index is -0.357. The topological polar surface area (TPSA) is 66.9 Å². The van der Waals surface area contributed by atoms with Crippen LogP contribution in [0.1, 0.15) is 26.2 Å². The summed E-state index contributed by atoms with van der Waals surface area (Å²) in [7, 11) is 4.83. The van der Waals surface area contributed by atoms with Crippen LogP contribution in [0.2, 0.25) is 0 Å². The number of hydrogen-bond donors (Lipinski definition) is 0. The van der Waals surface area contributed by atoms with Gasteiger partial charge in [0.1, 0.15) is 0 Å². The average Bonchev–Trinajstić information content (AvgIpc) is 2.91. The van der Waals surface area contributed by atoms with Gasteiger partial charge in [0.2, 0.25) is 11.8 Å². The van der Waals surface area contributed by atoms with Gasteiger partial charge in [-0.25, -0.2) is 0 Å². The first kappa shape index (κ1) is 18.8. The summed E-state index contributed by atoms with van der Waals surface area (Å²) in [6.07, 6.45) is 1.85. The van der Waals surface area contributed by atoms with Gasteiger partial charge in [0, 0.05) is 45.0 Å². The Balaban J connectivity index is 2.57. The first-order chi connectivity index (χ1) is 10.4. The van der Waals surface area contributed by atoms with E-state index in [0.717, 1.165) is 6.42 Å². The lowest BCUT2D eigenvalue weighted by Crippen LogP contribution is -2.45. The quantitative estimate of drug-likeness (QED) is 0.491. The highest BCUT2D eigenvalue weighted by Gasteiger charge is 2.35. The highest BCUT2D eigenvalue weighted by molar-refractivity contribution is 7.99. The second-order valence-electron chi connectivity index (χ2n) is 5.68. The predicted octanol–water partition coefficient (Wildman–Crippen LogP) is 0.998. The van der Waals surface area contributed by atoms with Crippen LogP contribution in [0, 0.1) is 5.92 Å². The largest absolute Gasteiger partial charge is 0.469 e. The van der Waals surface area contributed by atoms with E-state index < -0.39 is 0 Å². The number of rotatable bonds is 8. The number of hydrogen-bond acceptors (Lipinski definition) is 5. The van der Waals surface area contributed by atoms with Crippen molar-refractivity contribution >= 4 is 29.5 Å². The molecule has 0 bridgehead atoms. The molecule has 1 aliphatic heterocycles. The molecule has 2 atom stereocenters. The molecule has 2 unspecified atom stereocenters. The highest BCUT2D eigenvalue weighted by Crippen LogP contribution is 2.23. The van der Waals surface area contributed by atoms with Gasteiger partial charge in [-0.3, -0.25) is 14.4 Å². The molecule has 22 heavy (non-hydrogen) atoms. The van der Waals surface area contributed by atoms with E-state index in [1.807, 2.05) is 0 Å². The van der Waals surface area contributed by atoms with Gasteiger partial charge in [-0.1, -0.05) is 0 Å². The molecular weight excluding hydrogens is 304 g/mol. The molecule has 1 heterocycles. The number of carbonyl (C=O) groups excluding carboxylic acids is 3. The van der Waals surface area contributed by atoms with E-state index in [2.05, 4.69) is 0 Å². The fourth-order valence-corrected chi connectivity index (χ4v) is 3.65. The molecule has 7 heteroatoms.